The fourth-order valence-corrected chi connectivity index (χ4v) is 7.20. The highest BCUT2D eigenvalue weighted by molar-refractivity contribution is 5.90. The molecule has 0 aliphatic carbocycles. The summed E-state index contributed by atoms with van der Waals surface area (Å²) in [6, 6.07) is 34.9. The molecule has 0 spiro atoms. The third-order valence-electron chi connectivity index (χ3n) is 11.7. The summed E-state index contributed by atoms with van der Waals surface area (Å²) in [7, 11) is 0. The van der Waals surface area contributed by atoms with Crippen LogP contribution < -0.4 is 23.7 Å². The van der Waals surface area contributed by atoms with Crippen LogP contribution in [0.3, 0.4) is 0 Å². The third kappa shape index (κ3) is 17.6. The lowest BCUT2D eigenvalue weighted by molar-refractivity contribution is -0.149. The van der Waals surface area contributed by atoms with Crippen molar-refractivity contribution in [3.8, 4) is 51.0 Å². The molecule has 378 valence electrons. The molecule has 0 heterocycles. The van der Waals surface area contributed by atoms with E-state index in [1.807, 2.05) is 86.6 Å². The van der Waals surface area contributed by atoms with Crippen LogP contribution in [0.4, 0.5) is 0 Å². The molecule has 0 unspecified atom stereocenters. The molecule has 0 aliphatic rings. The van der Waals surface area contributed by atoms with Gasteiger partial charge in [0.25, 0.3) is 0 Å². The maximum atomic E-state index is 13.0. The van der Waals surface area contributed by atoms with Gasteiger partial charge in [0.05, 0.1) is 19.8 Å². The topological polar surface area (TPSA) is 133 Å². The van der Waals surface area contributed by atoms with Crippen molar-refractivity contribution in [1.29, 1.82) is 0 Å². The molecule has 5 rings (SSSR count). The largest absolute Gasteiger partial charge is 0.494 e. The zero-order valence-electron chi connectivity index (χ0n) is 42.6. The Balaban J connectivity index is 1.05. The number of aryl methyl sites for hydroxylation is 2. The van der Waals surface area contributed by atoms with Gasteiger partial charge >= 0.3 is 23.9 Å². The van der Waals surface area contributed by atoms with Gasteiger partial charge in [-0.05, 0) is 171 Å². The van der Waals surface area contributed by atoms with E-state index in [2.05, 4.69) is 38.8 Å². The summed E-state index contributed by atoms with van der Waals surface area (Å²) in [4.78, 5) is 49.0. The van der Waals surface area contributed by atoms with Gasteiger partial charge in [-0.3, -0.25) is 0 Å². The van der Waals surface area contributed by atoms with Crippen LogP contribution in [0, 0.1) is 5.41 Å². The molecular weight excluding hydrogens is 909 g/mol. The van der Waals surface area contributed by atoms with E-state index < -0.39 is 29.3 Å². The minimum atomic E-state index is -0.696. The van der Waals surface area contributed by atoms with Crippen molar-refractivity contribution in [2.45, 2.75) is 86.5 Å². The Morgan fingerprint density at radius 3 is 1.44 bits per heavy atom. The Kier molecular flexibility index (Phi) is 21.2. The Morgan fingerprint density at radius 1 is 0.500 bits per heavy atom. The molecular formula is C61H68O11. The van der Waals surface area contributed by atoms with Crippen LogP contribution in [-0.4, -0.2) is 56.9 Å². The maximum absolute atomic E-state index is 13.0. The number of carbonyl (C=O) groups excluding carboxylic acids is 4. The molecule has 5 aromatic carbocycles. The summed E-state index contributed by atoms with van der Waals surface area (Å²) in [5.74, 6) is 1.33. The third-order valence-corrected chi connectivity index (χ3v) is 11.7. The number of carbonyl (C=O) groups is 4. The van der Waals surface area contributed by atoms with E-state index in [1.54, 1.807) is 51.1 Å². The van der Waals surface area contributed by atoms with Gasteiger partial charge in [0, 0.05) is 28.2 Å². The molecule has 0 radical (unpaired) electrons. The zero-order valence-corrected chi connectivity index (χ0v) is 42.6. The number of unbranched alkanes of at least 4 members (excludes halogenated alkanes) is 3. The fraction of sp³-hybridized carbons (Fsp3) is 0.311. The first-order valence-corrected chi connectivity index (χ1v) is 24.4. The van der Waals surface area contributed by atoms with Gasteiger partial charge in [0.15, 0.2) is 0 Å². The summed E-state index contributed by atoms with van der Waals surface area (Å²) in [5.41, 5.74) is 7.11. The fourth-order valence-electron chi connectivity index (χ4n) is 7.20. The lowest BCUT2D eigenvalue weighted by Crippen LogP contribution is -2.33. The van der Waals surface area contributed by atoms with Crippen LogP contribution in [0.5, 0.6) is 28.7 Å². The first kappa shape index (κ1) is 55.3. The lowest BCUT2D eigenvalue weighted by Gasteiger charge is -2.29. The van der Waals surface area contributed by atoms with Crippen LogP contribution in [0.25, 0.3) is 28.3 Å². The predicted octanol–water partition coefficient (Wildman–Crippen LogP) is 13.3. The minimum Gasteiger partial charge on any atom is -0.494 e. The normalized spacial score (nSPS) is 11.1. The van der Waals surface area contributed by atoms with Crippen LogP contribution in [0.2, 0.25) is 0 Å². The van der Waals surface area contributed by atoms with E-state index in [9.17, 15) is 19.2 Å². The van der Waals surface area contributed by atoms with Gasteiger partial charge in [-0.25, -0.2) is 19.2 Å². The second-order valence-electron chi connectivity index (χ2n) is 18.1. The predicted molar refractivity (Wildman–Crippen MR) is 283 cm³/mol. The van der Waals surface area contributed by atoms with Crippen molar-refractivity contribution in [2.75, 3.05) is 33.0 Å². The standard InChI is InChI=1S/C61H68O11/c1-10-46-38-50(23-31-55(46)68-37-34-61(9,40-69-58(63)42(3)4)41-70-59(64)43(5)6)48-19-16-45(17-20-48)18-33-57(62)72-56-32-24-51(39-47(56)11-2)49-21-25-52(26-22-49)66-35-14-12-13-15-36-67-53-27-29-54(30-28-53)71-60(65)44(7)8/h16-33,38-39H,3,5,7,10-15,34-37,40-41H2,1-2,4,6,8-9H3/b33-18+. The van der Waals surface area contributed by atoms with Gasteiger partial charge in [-0.15, -0.1) is 0 Å². The molecule has 0 aromatic heterocycles. The Labute approximate surface area is 425 Å². The van der Waals surface area contributed by atoms with Crippen molar-refractivity contribution in [2.24, 2.45) is 5.41 Å². The number of benzene rings is 5. The zero-order chi connectivity index (χ0) is 52.0. The Morgan fingerprint density at radius 2 is 0.944 bits per heavy atom. The molecule has 0 N–H and O–H groups in total. The van der Waals surface area contributed by atoms with Gasteiger partial charge in [0.1, 0.15) is 42.0 Å². The molecule has 11 heteroatoms. The first-order chi connectivity index (χ1) is 34.6. The summed E-state index contributed by atoms with van der Waals surface area (Å²) in [6.45, 7) is 23.2. The molecule has 0 saturated carbocycles. The molecule has 0 aliphatic heterocycles. The highest BCUT2D eigenvalue weighted by Gasteiger charge is 2.29. The first-order valence-electron chi connectivity index (χ1n) is 24.4. The molecule has 0 fully saturated rings. The number of hydrogen-bond donors (Lipinski definition) is 0. The number of esters is 4. The molecule has 11 nitrogen and oxygen atoms in total. The van der Waals surface area contributed by atoms with Gasteiger partial charge in [-0.2, -0.15) is 0 Å². The average molecular weight is 977 g/mol. The summed E-state index contributed by atoms with van der Waals surface area (Å²) < 4.78 is 40.0. The summed E-state index contributed by atoms with van der Waals surface area (Å²) in [5, 5.41) is 0. The summed E-state index contributed by atoms with van der Waals surface area (Å²) in [6.07, 6.45) is 8.96. The highest BCUT2D eigenvalue weighted by atomic mass is 16.6. The van der Waals surface area contributed by atoms with E-state index in [0.717, 1.165) is 88.3 Å². The van der Waals surface area contributed by atoms with Crippen LogP contribution in [0.1, 0.15) is 90.3 Å². The number of ether oxygens (including phenoxy) is 7. The van der Waals surface area contributed by atoms with E-state index in [1.165, 1.54) is 6.08 Å². The number of rotatable bonds is 28. The monoisotopic (exact) mass is 976 g/mol. The SMILES string of the molecule is C=C(C)C(=O)OCC(C)(CCOc1ccc(-c2ccc(/C=C/C(=O)Oc3ccc(-c4ccc(OCCCCCCOc5ccc(OC(=O)C(=C)C)cc5)cc4)cc3CC)cc2)cc1CC)COC(=O)C(=C)C. The smallest absolute Gasteiger partial charge is 0.338 e. The second-order valence-corrected chi connectivity index (χ2v) is 18.1. The Hall–Kier alpha value is -7.66. The van der Waals surface area contributed by atoms with E-state index in [0.29, 0.717) is 49.7 Å². The molecule has 0 atom stereocenters. The van der Waals surface area contributed by atoms with Crippen molar-refractivity contribution in [3.63, 3.8) is 0 Å². The van der Waals surface area contributed by atoms with Gasteiger partial charge < -0.3 is 33.2 Å². The van der Waals surface area contributed by atoms with Crippen molar-refractivity contribution < 1.29 is 52.3 Å². The number of hydrogen-bond acceptors (Lipinski definition) is 11. The van der Waals surface area contributed by atoms with Crippen molar-refractivity contribution >= 4 is 30.0 Å². The lowest BCUT2D eigenvalue weighted by atomic mass is 9.89. The molecule has 72 heavy (non-hydrogen) atoms. The quantitative estimate of drug-likeness (QED) is 0.0205. The highest BCUT2D eigenvalue weighted by Crippen LogP contribution is 2.32. The van der Waals surface area contributed by atoms with E-state index >= 15 is 0 Å². The van der Waals surface area contributed by atoms with Gasteiger partial charge in [-0.1, -0.05) is 89.0 Å². The molecule has 0 amide bonds. The molecule has 0 bridgehead atoms. The van der Waals surface area contributed by atoms with Crippen molar-refractivity contribution in [3.05, 3.63) is 168 Å². The van der Waals surface area contributed by atoms with Crippen LogP contribution >= 0.6 is 0 Å². The van der Waals surface area contributed by atoms with Crippen molar-refractivity contribution in [1.82, 2.24) is 0 Å². The van der Waals surface area contributed by atoms with Crippen LogP contribution in [0.15, 0.2) is 152 Å². The van der Waals surface area contributed by atoms with Crippen LogP contribution in [-0.2, 0) is 41.5 Å². The second kappa shape index (κ2) is 27.7. The molecule has 0 saturated heterocycles. The van der Waals surface area contributed by atoms with E-state index in [-0.39, 0.29) is 24.4 Å². The minimum absolute atomic E-state index is 0.0296. The summed E-state index contributed by atoms with van der Waals surface area (Å²) >= 11 is 0. The van der Waals surface area contributed by atoms with Gasteiger partial charge in [0.2, 0.25) is 0 Å². The maximum Gasteiger partial charge on any atom is 0.338 e. The average Bonchev–Trinajstić information content (AvgIpc) is 3.38. The van der Waals surface area contributed by atoms with E-state index in [4.69, 9.17) is 33.2 Å². The Bertz CT molecular complexity index is 2660. The molecule has 5 aromatic rings.